The lowest BCUT2D eigenvalue weighted by Gasteiger charge is -2.26. The van der Waals surface area contributed by atoms with Crippen LogP contribution in [0.1, 0.15) is 18.3 Å². The molecule has 0 N–H and O–H groups in total. The lowest BCUT2D eigenvalue weighted by Crippen LogP contribution is -2.40. The number of aromatic nitrogens is 6. The average molecular weight is 500 g/mol. The van der Waals surface area contributed by atoms with Crippen molar-refractivity contribution >= 4 is 32.8 Å². The third-order valence-electron chi connectivity index (χ3n) is 5.73. The van der Waals surface area contributed by atoms with E-state index < -0.39 is 10.0 Å². The Morgan fingerprint density at radius 1 is 1.09 bits per heavy atom. The number of thioether (sulfide) groups is 1. The standard InChI is InChI=1S/C22H25N7O3S2/c1-2-28-20-9-8-18(34(30,31)27-10-12-32-13-11-27)14-19(20)23-21(28)16-33-22-24-25-26-29(22)15-17-6-4-3-5-7-17/h3-9,14H,2,10-13,15-16H2,1H3. The minimum absolute atomic E-state index is 0.258. The summed E-state index contributed by atoms with van der Waals surface area (Å²) in [6, 6.07) is 15.2. The second-order valence-electron chi connectivity index (χ2n) is 7.83. The second-order valence-corrected chi connectivity index (χ2v) is 10.7. The maximum Gasteiger partial charge on any atom is 0.243 e. The van der Waals surface area contributed by atoms with Crippen LogP contribution in [0.25, 0.3) is 11.0 Å². The number of fused-ring (bicyclic) bond motifs is 1. The number of morpholine rings is 1. The molecule has 0 amide bonds. The minimum atomic E-state index is -3.58. The van der Waals surface area contributed by atoms with Crippen molar-refractivity contribution in [1.82, 2.24) is 34.1 Å². The third kappa shape index (κ3) is 4.58. The third-order valence-corrected chi connectivity index (χ3v) is 8.58. The Hall–Kier alpha value is -2.80. The van der Waals surface area contributed by atoms with Crippen molar-refractivity contribution in [2.24, 2.45) is 0 Å². The number of benzene rings is 2. The molecule has 1 aliphatic rings. The Kier molecular flexibility index (Phi) is 6.63. The van der Waals surface area contributed by atoms with Gasteiger partial charge in [0, 0.05) is 19.6 Å². The van der Waals surface area contributed by atoms with Crippen molar-refractivity contribution in [2.45, 2.75) is 35.8 Å². The number of nitrogens with zero attached hydrogens (tertiary/aromatic N) is 7. The number of tetrazole rings is 1. The van der Waals surface area contributed by atoms with E-state index in [4.69, 9.17) is 9.72 Å². The summed E-state index contributed by atoms with van der Waals surface area (Å²) in [5.74, 6) is 1.40. The molecule has 0 spiro atoms. The lowest BCUT2D eigenvalue weighted by molar-refractivity contribution is 0.0730. The smallest absolute Gasteiger partial charge is 0.243 e. The predicted octanol–water partition coefficient (Wildman–Crippen LogP) is 2.40. The van der Waals surface area contributed by atoms with Crippen LogP contribution in [-0.2, 0) is 33.6 Å². The first-order valence-corrected chi connectivity index (χ1v) is 13.5. The molecule has 178 valence electrons. The SMILES string of the molecule is CCn1c(CSc2nnnn2Cc2ccccc2)nc2cc(S(=O)(=O)N3CCOCC3)ccc21. The molecule has 1 fully saturated rings. The van der Waals surface area contributed by atoms with Gasteiger partial charge in [0.1, 0.15) is 5.82 Å². The molecule has 0 bridgehead atoms. The first-order valence-electron chi connectivity index (χ1n) is 11.1. The van der Waals surface area contributed by atoms with E-state index in [0.29, 0.717) is 49.3 Å². The van der Waals surface area contributed by atoms with E-state index in [1.165, 1.54) is 16.1 Å². The summed E-state index contributed by atoms with van der Waals surface area (Å²) in [7, 11) is -3.58. The van der Waals surface area contributed by atoms with Crippen LogP contribution in [0.2, 0.25) is 0 Å². The van der Waals surface area contributed by atoms with E-state index >= 15 is 0 Å². The fraction of sp³-hybridized carbons (Fsp3) is 0.364. The largest absolute Gasteiger partial charge is 0.379 e. The second kappa shape index (κ2) is 9.82. The van der Waals surface area contributed by atoms with Gasteiger partial charge in [-0.1, -0.05) is 42.1 Å². The Bertz CT molecular complexity index is 1380. The van der Waals surface area contributed by atoms with Crippen molar-refractivity contribution < 1.29 is 13.2 Å². The molecular weight excluding hydrogens is 474 g/mol. The quantitative estimate of drug-likeness (QED) is 0.340. The highest BCUT2D eigenvalue weighted by molar-refractivity contribution is 7.98. The Morgan fingerprint density at radius 3 is 2.65 bits per heavy atom. The van der Waals surface area contributed by atoms with Crippen molar-refractivity contribution in [2.75, 3.05) is 26.3 Å². The van der Waals surface area contributed by atoms with Gasteiger partial charge in [0.2, 0.25) is 15.2 Å². The first kappa shape index (κ1) is 23.0. The van der Waals surface area contributed by atoms with Crippen molar-refractivity contribution in [3.05, 3.63) is 59.9 Å². The maximum absolute atomic E-state index is 13.1. The number of rotatable bonds is 8. The highest BCUT2D eigenvalue weighted by Crippen LogP contribution is 2.27. The van der Waals surface area contributed by atoms with E-state index in [2.05, 4.69) is 20.1 Å². The van der Waals surface area contributed by atoms with Crippen molar-refractivity contribution in [1.29, 1.82) is 0 Å². The van der Waals surface area contributed by atoms with Crippen LogP contribution < -0.4 is 0 Å². The van der Waals surface area contributed by atoms with Crippen LogP contribution in [0.3, 0.4) is 0 Å². The van der Waals surface area contributed by atoms with E-state index in [1.54, 1.807) is 16.8 Å². The first-order chi connectivity index (χ1) is 16.6. The molecule has 10 nitrogen and oxygen atoms in total. The number of ether oxygens (including phenoxy) is 1. The number of sulfonamides is 1. The van der Waals surface area contributed by atoms with Crippen LogP contribution in [0.4, 0.5) is 0 Å². The number of hydrogen-bond acceptors (Lipinski definition) is 8. The van der Waals surface area contributed by atoms with Gasteiger partial charge in [0.15, 0.2) is 0 Å². The van der Waals surface area contributed by atoms with Gasteiger partial charge in [-0.2, -0.15) is 4.31 Å². The minimum Gasteiger partial charge on any atom is -0.379 e. The van der Waals surface area contributed by atoms with Crippen LogP contribution in [0, 0.1) is 0 Å². The molecule has 0 unspecified atom stereocenters. The van der Waals surface area contributed by atoms with Gasteiger partial charge >= 0.3 is 0 Å². The average Bonchev–Trinajstić information content (AvgIpc) is 3.46. The molecule has 12 heteroatoms. The molecule has 0 atom stereocenters. The van der Waals surface area contributed by atoms with Gasteiger partial charge in [-0.05, 0) is 41.1 Å². The number of hydrogen-bond donors (Lipinski definition) is 0. The highest BCUT2D eigenvalue weighted by Gasteiger charge is 2.27. The van der Waals surface area contributed by atoms with Crippen LogP contribution in [0.15, 0.2) is 58.6 Å². The van der Waals surface area contributed by atoms with Gasteiger partial charge in [-0.3, -0.25) is 0 Å². The van der Waals surface area contributed by atoms with Gasteiger partial charge in [-0.25, -0.2) is 18.1 Å². The monoisotopic (exact) mass is 499 g/mol. The molecule has 4 aromatic rings. The van der Waals surface area contributed by atoms with Gasteiger partial charge in [0.05, 0.1) is 41.4 Å². The Morgan fingerprint density at radius 2 is 1.88 bits per heavy atom. The zero-order valence-electron chi connectivity index (χ0n) is 18.7. The molecule has 0 saturated carbocycles. The molecule has 1 saturated heterocycles. The number of aryl methyl sites for hydroxylation is 1. The summed E-state index contributed by atoms with van der Waals surface area (Å²) >= 11 is 1.51. The van der Waals surface area contributed by atoms with E-state index in [-0.39, 0.29) is 4.90 Å². The van der Waals surface area contributed by atoms with E-state index in [1.807, 2.05) is 43.3 Å². The van der Waals surface area contributed by atoms with Gasteiger partial charge in [0.25, 0.3) is 0 Å². The van der Waals surface area contributed by atoms with Gasteiger partial charge < -0.3 is 9.30 Å². The summed E-state index contributed by atoms with van der Waals surface area (Å²) in [6.07, 6.45) is 0. The molecule has 5 rings (SSSR count). The van der Waals surface area contributed by atoms with E-state index in [0.717, 1.165) is 23.4 Å². The highest BCUT2D eigenvalue weighted by atomic mass is 32.2. The molecule has 2 aromatic heterocycles. The topological polar surface area (TPSA) is 108 Å². The summed E-state index contributed by atoms with van der Waals surface area (Å²) in [4.78, 5) is 5.03. The molecular formula is C22H25N7O3S2. The van der Waals surface area contributed by atoms with Gasteiger partial charge in [-0.15, -0.1) is 5.10 Å². The zero-order chi connectivity index (χ0) is 23.5. The molecule has 0 aliphatic carbocycles. The fourth-order valence-electron chi connectivity index (χ4n) is 4.00. The normalized spacial score (nSPS) is 15.2. The summed E-state index contributed by atoms with van der Waals surface area (Å²) in [6.45, 7) is 4.91. The van der Waals surface area contributed by atoms with Crippen LogP contribution in [0.5, 0.6) is 0 Å². The fourth-order valence-corrected chi connectivity index (χ4v) is 6.25. The Balaban J connectivity index is 1.38. The summed E-state index contributed by atoms with van der Waals surface area (Å²) in [5.41, 5.74) is 2.69. The van der Waals surface area contributed by atoms with Crippen LogP contribution >= 0.6 is 11.8 Å². The molecule has 0 radical (unpaired) electrons. The molecule has 34 heavy (non-hydrogen) atoms. The summed E-state index contributed by atoms with van der Waals surface area (Å²) in [5, 5.41) is 12.8. The Labute approximate surface area is 202 Å². The maximum atomic E-state index is 13.1. The molecule has 1 aliphatic heterocycles. The summed E-state index contributed by atoms with van der Waals surface area (Å²) < 4.78 is 36.8. The lowest BCUT2D eigenvalue weighted by atomic mass is 10.2. The number of imidazole rings is 1. The van der Waals surface area contributed by atoms with Crippen molar-refractivity contribution in [3.63, 3.8) is 0 Å². The zero-order valence-corrected chi connectivity index (χ0v) is 20.4. The van der Waals surface area contributed by atoms with Crippen LogP contribution in [-0.4, -0.2) is 68.8 Å². The molecule has 3 heterocycles. The van der Waals surface area contributed by atoms with E-state index in [9.17, 15) is 8.42 Å². The predicted molar refractivity (Wildman–Crippen MR) is 128 cm³/mol. The molecule has 2 aromatic carbocycles. The van der Waals surface area contributed by atoms with Crippen molar-refractivity contribution in [3.8, 4) is 0 Å².